The lowest BCUT2D eigenvalue weighted by Crippen LogP contribution is -2.24. The van der Waals surface area contributed by atoms with Crippen molar-refractivity contribution in [3.63, 3.8) is 0 Å². The Morgan fingerprint density at radius 2 is 1.88 bits per heavy atom. The van der Waals surface area contributed by atoms with E-state index in [0.29, 0.717) is 25.7 Å². The average Bonchev–Trinajstić information content (AvgIpc) is 2.31. The Balaban J connectivity index is 1.94. The van der Waals surface area contributed by atoms with Crippen LogP contribution in [-0.2, 0) is 9.47 Å². The number of aliphatic hydroxyl groups is 1. The van der Waals surface area contributed by atoms with Crippen LogP contribution in [0.15, 0.2) is 12.7 Å². The first-order valence-electron chi connectivity index (χ1n) is 6.27. The Morgan fingerprint density at radius 3 is 2.56 bits per heavy atom. The number of aliphatic hydroxyl groups excluding tert-OH is 1. The largest absolute Gasteiger partial charge is 0.388 e. The molecular formula is C13H24O3. The van der Waals surface area contributed by atoms with Crippen molar-refractivity contribution in [3.8, 4) is 0 Å². The van der Waals surface area contributed by atoms with Gasteiger partial charge in [0.1, 0.15) is 6.10 Å². The van der Waals surface area contributed by atoms with Gasteiger partial charge in [0.05, 0.1) is 19.8 Å². The fourth-order valence-corrected chi connectivity index (χ4v) is 2.06. The van der Waals surface area contributed by atoms with Crippen LogP contribution < -0.4 is 0 Å². The molecule has 1 fully saturated rings. The lowest BCUT2D eigenvalue weighted by atomic mass is 9.90. The molecule has 16 heavy (non-hydrogen) atoms. The van der Waals surface area contributed by atoms with E-state index in [0.717, 1.165) is 6.61 Å². The molecule has 0 aromatic heterocycles. The van der Waals surface area contributed by atoms with Crippen molar-refractivity contribution in [2.24, 2.45) is 5.92 Å². The molecule has 1 aliphatic carbocycles. The summed E-state index contributed by atoms with van der Waals surface area (Å²) in [5.74, 6) is 0.704. The van der Waals surface area contributed by atoms with E-state index < -0.39 is 6.10 Å². The SMILES string of the molecule is C=CCOCC(O)COCC1CCCCC1. The van der Waals surface area contributed by atoms with Gasteiger partial charge < -0.3 is 14.6 Å². The van der Waals surface area contributed by atoms with E-state index in [1.54, 1.807) is 6.08 Å². The third-order valence-corrected chi connectivity index (χ3v) is 2.93. The first-order valence-corrected chi connectivity index (χ1v) is 6.27. The fourth-order valence-electron chi connectivity index (χ4n) is 2.06. The second-order valence-electron chi connectivity index (χ2n) is 4.52. The lowest BCUT2D eigenvalue weighted by Gasteiger charge is -2.22. The van der Waals surface area contributed by atoms with E-state index in [4.69, 9.17) is 9.47 Å². The Bertz CT molecular complexity index is 176. The van der Waals surface area contributed by atoms with Crippen molar-refractivity contribution in [3.05, 3.63) is 12.7 Å². The molecule has 0 aromatic carbocycles. The molecule has 3 nitrogen and oxygen atoms in total. The minimum atomic E-state index is -0.511. The maximum atomic E-state index is 9.52. The van der Waals surface area contributed by atoms with E-state index in [2.05, 4.69) is 6.58 Å². The Kier molecular flexibility index (Phi) is 7.47. The van der Waals surface area contributed by atoms with Crippen molar-refractivity contribution in [2.75, 3.05) is 26.4 Å². The highest BCUT2D eigenvalue weighted by Crippen LogP contribution is 2.23. The summed E-state index contributed by atoms with van der Waals surface area (Å²) >= 11 is 0. The Labute approximate surface area is 98.4 Å². The van der Waals surface area contributed by atoms with Gasteiger partial charge >= 0.3 is 0 Å². The van der Waals surface area contributed by atoms with Gasteiger partial charge in [-0.05, 0) is 18.8 Å². The van der Waals surface area contributed by atoms with Crippen molar-refractivity contribution >= 4 is 0 Å². The smallest absolute Gasteiger partial charge is 0.101 e. The van der Waals surface area contributed by atoms with Crippen LogP contribution in [0.25, 0.3) is 0 Å². The summed E-state index contributed by atoms with van der Waals surface area (Å²) < 4.78 is 10.6. The minimum absolute atomic E-state index is 0.330. The van der Waals surface area contributed by atoms with E-state index in [1.807, 2.05) is 0 Å². The zero-order chi connectivity index (χ0) is 11.6. The van der Waals surface area contributed by atoms with Crippen molar-refractivity contribution in [1.29, 1.82) is 0 Å². The standard InChI is InChI=1S/C13H24O3/c1-2-8-15-10-13(14)11-16-9-12-6-4-3-5-7-12/h2,12-14H,1,3-11H2. The summed E-state index contributed by atoms with van der Waals surface area (Å²) in [7, 11) is 0. The lowest BCUT2D eigenvalue weighted by molar-refractivity contribution is -0.0237. The van der Waals surface area contributed by atoms with Gasteiger partial charge in [-0.25, -0.2) is 0 Å². The van der Waals surface area contributed by atoms with E-state index in [-0.39, 0.29) is 0 Å². The van der Waals surface area contributed by atoms with Crippen molar-refractivity contribution in [2.45, 2.75) is 38.2 Å². The van der Waals surface area contributed by atoms with Crippen LogP contribution in [0.5, 0.6) is 0 Å². The normalized spacial score (nSPS) is 19.6. The first-order chi connectivity index (χ1) is 7.83. The van der Waals surface area contributed by atoms with Gasteiger partial charge in [-0.3, -0.25) is 0 Å². The number of hydrogen-bond acceptors (Lipinski definition) is 3. The maximum Gasteiger partial charge on any atom is 0.101 e. The van der Waals surface area contributed by atoms with Crippen LogP contribution in [-0.4, -0.2) is 37.6 Å². The van der Waals surface area contributed by atoms with Crippen LogP contribution in [0.3, 0.4) is 0 Å². The summed E-state index contributed by atoms with van der Waals surface area (Å²) in [5, 5.41) is 9.52. The average molecular weight is 228 g/mol. The molecule has 1 aliphatic rings. The Hall–Kier alpha value is -0.380. The second kappa shape index (κ2) is 8.74. The number of hydrogen-bond donors (Lipinski definition) is 1. The van der Waals surface area contributed by atoms with Crippen LogP contribution in [0, 0.1) is 5.92 Å². The zero-order valence-corrected chi connectivity index (χ0v) is 10.1. The van der Waals surface area contributed by atoms with Gasteiger partial charge in [0.25, 0.3) is 0 Å². The number of rotatable bonds is 8. The highest BCUT2D eigenvalue weighted by molar-refractivity contribution is 4.66. The molecule has 0 heterocycles. The van der Waals surface area contributed by atoms with Crippen LogP contribution in [0.1, 0.15) is 32.1 Å². The van der Waals surface area contributed by atoms with Gasteiger partial charge in [0.2, 0.25) is 0 Å². The van der Waals surface area contributed by atoms with Gasteiger partial charge in [0, 0.05) is 6.61 Å². The molecule has 3 heteroatoms. The van der Waals surface area contributed by atoms with Crippen LogP contribution >= 0.6 is 0 Å². The molecule has 0 bridgehead atoms. The zero-order valence-electron chi connectivity index (χ0n) is 10.1. The van der Waals surface area contributed by atoms with Crippen LogP contribution in [0.2, 0.25) is 0 Å². The summed E-state index contributed by atoms with van der Waals surface area (Å²) in [4.78, 5) is 0. The van der Waals surface area contributed by atoms with Crippen molar-refractivity contribution < 1.29 is 14.6 Å². The molecule has 0 saturated heterocycles. The molecule has 0 radical (unpaired) electrons. The Morgan fingerprint density at radius 1 is 1.19 bits per heavy atom. The summed E-state index contributed by atoms with van der Waals surface area (Å²) in [6, 6.07) is 0. The van der Waals surface area contributed by atoms with E-state index >= 15 is 0 Å². The predicted octanol–water partition coefficient (Wildman–Crippen LogP) is 2.15. The summed E-state index contributed by atoms with van der Waals surface area (Å²) in [6.45, 7) is 5.53. The molecular weight excluding hydrogens is 204 g/mol. The van der Waals surface area contributed by atoms with Gasteiger partial charge in [0.15, 0.2) is 0 Å². The van der Waals surface area contributed by atoms with Crippen LogP contribution in [0.4, 0.5) is 0 Å². The molecule has 1 N–H and O–H groups in total. The molecule has 94 valence electrons. The van der Waals surface area contributed by atoms with Gasteiger partial charge in [-0.15, -0.1) is 6.58 Å². The first kappa shape index (κ1) is 13.7. The highest BCUT2D eigenvalue weighted by atomic mass is 16.5. The highest BCUT2D eigenvalue weighted by Gasteiger charge is 2.14. The fraction of sp³-hybridized carbons (Fsp3) is 0.846. The molecule has 0 aromatic rings. The molecule has 0 aliphatic heterocycles. The quantitative estimate of drug-likeness (QED) is 0.511. The number of ether oxygens (including phenoxy) is 2. The molecule has 1 saturated carbocycles. The van der Waals surface area contributed by atoms with E-state index in [9.17, 15) is 5.11 Å². The summed E-state index contributed by atoms with van der Waals surface area (Å²) in [6.07, 6.45) is 7.76. The summed E-state index contributed by atoms with van der Waals surface area (Å²) in [5.41, 5.74) is 0. The monoisotopic (exact) mass is 228 g/mol. The predicted molar refractivity (Wildman–Crippen MR) is 64.4 cm³/mol. The van der Waals surface area contributed by atoms with E-state index in [1.165, 1.54) is 32.1 Å². The molecule has 0 spiro atoms. The van der Waals surface area contributed by atoms with Crippen molar-refractivity contribution in [1.82, 2.24) is 0 Å². The topological polar surface area (TPSA) is 38.7 Å². The minimum Gasteiger partial charge on any atom is -0.388 e. The van der Waals surface area contributed by atoms with Gasteiger partial charge in [-0.1, -0.05) is 25.3 Å². The molecule has 1 rings (SSSR count). The third kappa shape index (κ3) is 6.26. The molecule has 1 atom stereocenters. The molecule has 1 unspecified atom stereocenters. The molecule has 0 amide bonds. The maximum absolute atomic E-state index is 9.52. The van der Waals surface area contributed by atoms with Gasteiger partial charge in [-0.2, -0.15) is 0 Å². The second-order valence-corrected chi connectivity index (χ2v) is 4.52. The third-order valence-electron chi connectivity index (χ3n) is 2.93.